The van der Waals surface area contributed by atoms with E-state index in [9.17, 15) is 49.5 Å². The predicted molar refractivity (Wildman–Crippen MR) is 167 cm³/mol. The van der Waals surface area contributed by atoms with Crippen LogP contribution in [0.5, 0.6) is 11.5 Å². The normalized spacial score (nSPS) is 32.7. The van der Waals surface area contributed by atoms with Crippen molar-refractivity contribution < 1.29 is 73.2 Å². The number of aliphatic imine (C=N–C) groups is 1. The third-order valence-electron chi connectivity index (χ3n) is 10.2. The van der Waals surface area contributed by atoms with Gasteiger partial charge in [-0.3, -0.25) is 24.2 Å². The van der Waals surface area contributed by atoms with Crippen LogP contribution in [0.15, 0.2) is 17.1 Å². The molecule has 1 fully saturated rings. The maximum Gasteiger partial charge on any atom is 0.341 e. The lowest BCUT2D eigenvalue weighted by molar-refractivity contribution is -0.228. The monoisotopic (exact) mass is 697 g/mol. The molecule has 16 nitrogen and oxygen atoms in total. The molecule has 6 rings (SSSR count). The molecule has 0 radical (unpaired) electrons. The average molecular weight is 698 g/mol. The topological polar surface area (TPSA) is 245 Å². The van der Waals surface area contributed by atoms with E-state index < -0.39 is 135 Å². The summed E-state index contributed by atoms with van der Waals surface area (Å²) in [5.41, 5.74) is -10.1. The molecule has 8 atom stereocenters. The molecule has 2 aromatic rings. The molecule has 0 aromatic heterocycles. The van der Waals surface area contributed by atoms with E-state index in [2.05, 4.69) is 4.99 Å². The van der Waals surface area contributed by atoms with Crippen molar-refractivity contribution in [2.45, 2.75) is 74.6 Å². The maximum atomic E-state index is 14.6. The number of esters is 1. The third kappa shape index (κ3) is 4.43. The second-order valence-corrected chi connectivity index (χ2v) is 12.7. The number of rotatable bonds is 5. The van der Waals surface area contributed by atoms with E-state index in [1.165, 1.54) is 27.2 Å². The molecule has 0 spiro atoms. The highest BCUT2D eigenvalue weighted by molar-refractivity contribution is 6.53. The number of ketones is 4. The Balaban J connectivity index is 1.55. The minimum Gasteiger partial charge on any atom is -0.507 e. The maximum absolute atomic E-state index is 14.6. The summed E-state index contributed by atoms with van der Waals surface area (Å²) in [6, 6.07) is 2.18. The SMILES string of the molecule is COC(=O)c1c(C)cc2c(c1O)[C@]1(O)C(=O)c3cc4c(c(O)c3C(=O)[C@]1(OC)[C@H](O)C2)C(=O)CC(=N[C@@H]1O[C@@H](C)[C@H](OC)[C@@H](O)[C@H]1OC)C4=O. The van der Waals surface area contributed by atoms with Crippen LogP contribution < -0.4 is 0 Å². The number of carbonyl (C=O) groups excluding carboxylic acids is 5. The van der Waals surface area contributed by atoms with Gasteiger partial charge in [0.05, 0.1) is 42.6 Å². The minimum absolute atomic E-state index is 0.00455. The van der Waals surface area contributed by atoms with Crippen LogP contribution in [0.1, 0.15) is 81.8 Å². The number of carbonyl (C=O) groups is 5. The molecule has 5 N–H and O–H groups in total. The second kappa shape index (κ2) is 12.1. The molecule has 3 aliphatic carbocycles. The Labute approximate surface area is 284 Å². The summed E-state index contributed by atoms with van der Waals surface area (Å²) in [5, 5.41) is 57.5. The smallest absolute Gasteiger partial charge is 0.341 e. The minimum atomic E-state index is -3.23. The molecule has 1 heterocycles. The Hall–Kier alpha value is -4.42. The summed E-state index contributed by atoms with van der Waals surface area (Å²) in [6.07, 6.45) is -8.23. The lowest BCUT2D eigenvalue weighted by Gasteiger charge is -2.52. The number of fused-ring (bicyclic) bond motifs is 5. The van der Waals surface area contributed by atoms with E-state index in [0.29, 0.717) is 0 Å². The molecule has 1 aliphatic heterocycles. The number of phenolic OH excluding ortho intramolecular Hbond substituents is 2. The zero-order valence-electron chi connectivity index (χ0n) is 27.8. The van der Waals surface area contributed by atoms with Crippen molar-refractivity contribution in [1.29, 1.82) is 0 Å². The molecule has 4 aliphatic rings. The van der Waals surface area contributed by atoms with E-state index in [4.69, 9.17) is 23.7 Å². The van der Waals surface area contributed by atoms with Crippen molar-refractivity contribution in [2.24, 2.45) is 4.99 Å². The van der Waals surface area contributed by atoms with Gasteiger partial charge < -0.3 is 49.2 Å². The zero-order chi connectivity index (χ0) is 36.8. The number of aryl methyl sites for hydroxylation is 1. The lowest BCUT2D eigenvalue weighted by Crippen LogP contribution is -2.73. The van der Waals surface area contributed by atoms with Gasteiger partial charge in [-0.1, -0.05) is 6.07 Å². The van der Waals surface area contributed by atoms with Crippen LogP contribution in [-0.4, -0.2) is 131 Å². The highest BCUT2D eigenvalue weighted by Gasteiger charge is 2.72. The Bertz CT molecular complexity index is 1920. The zero-order valence-corrected chi connectivity index (χ0v) is 27.8. The van der Waals surface area contributed by atoms with Gasteiger partial charge in [-0.05, 0) is 31.0 Å². The lowest BCUT2D eigenvalue weighted by atomic mass is 9.56. The fourth-order valence-corrected chi connectivity index (χ4v) is 7.90. The van der Waals surface area contributed by atoms with Crippen molar-refractivity contribution in [3.05, 3.63) is 56.6 Å². The Morgan fingerprint density at radius 3 is 2.20 bits per heavy atom. The standard InChI is InChI=1S/C34H35NO15/c1-11-7-13-8-18(37)34(49-6)30(43)21-15(29(42)33(34,45)22(13)25(40)19(11)32(44)48-5)9-14-20(24(21)39)17(36)10-16(23(14)38)35-31-28(47-4)26(41)27(46-3)12(2)50-31/h7,9,12,18,26-28,31,37,39-41,45H,8,10H2,1-6H3/t12-,18+,26+,27-,28+,31+,33-,34+/m0/s1. The van der Waals surface area contributed by atoms with Gasteiger partial charge in [0.2, 0.25) is 17.3 Å². The van der Waals surface area contributed by atoms with Gasteiger partial charge in [-0.25, -0.2) is 4.79 Å². The Morgan fingerprint density at radius 2 is 1.60 bits per heavy atom. The molecule has 1 saturated heterocycles. The summed E-state index contributed by atoms with van der Waals surface area (Å²) in [4.78, 5) is 73.4. The number of hydrogen-bond acceptors (Lipinski definition) is 16. The van der Waals surface area contributed by atoms with Crippen LogP contribution in [0.25, 0.3) is 0 Å². The second-order valence-electron chi connectivity index (χ2n) is 12.7. The summed E-state index contributed by atoms with van der Waals surface area (Å²) in [5.74, 6) is -7.56. The van der Waals surface area contributed by atoms with Gasteiger partial charge in [0.15, 0.2) is 23.2 Å². The molecule has 266 valence electrons. The molecule has 0 amide bonds. The van der Waals surface area contributed by atoms with Gasteiger partial charge in [0.1, 0.15) is 35.4 Å². The number of aliphatic hydroxyl groups is 3. The number of benzene rings is 2. The first-order valence-electron chi connectivity index (χ1n) is 15.5. The molecule has 16 heteroatoms. The third-order valence-corrected chi connectivity index (χ3v) is 10.2. The van der Waals surface area contributed by atoms with E-state index in [1.807, 2.05) is 0 Å². The van der Waals surface area contributed by atoms with E-state index in [-0.39, 0.29) is 16.8 Å². The number of methoxy groups -OCH3 is 4. The van der Waals surface area contributed by atoms with Crippen molar-refractivity contribution in [3.8, 4) is 11.5 Å². The van der Waals surface area contributed by atoms with E-state index in [0.717, 1.165) is 20.3 Å². The fourth-order valence-electron chi connectivity index (χ4n) is 7.90. The van der Waals surface area contributed by atoms with Crippen molar-refractivity contribution in [2.75, 3.05) is 28.4 Å². The van der Waals surface area contributed by atoms with Crippen LogP contribution >= 0.6 is 0 Å². The van der Waals surface area contributed by atoms with Crippen LogP contribution in [0, 0.1) is 6.92 Å². The molecular formula is C34H35NO15. The first kappa shape index (κ1) is 35.4. The van der Waals surface area contributed by atoms with Gasteiger partial charge in [-0.2, -0.15) is 0 Å². The summed E-state index contributed by atoms with van der Waals surface area (Å²) >= 11 is 0. The highest BCUT2D eigenvalue weighted by Crippen LogP contribution is 2.56. The van der Waals surface area contributed by atoms with E-state index >= 15 is 0 Å². The molecule has 2 aromatic carbocycles. The molecule has 0 bridgehead atoms. The van der Waals surface area contributed by atoms with Crippen molar-refractivity contribution in [3.63, 3.8) is 0 Å². The van der Waals surface area contributed by atoms with Gasteiger partial charge in [0, 0.05) is 44.4 Å². The molecular weight excluding hydrogens is 662 g/mol. The van der Waals surface area contributed by atoms with Gasteiger partial charge in [-0.15, -0.1) is 0 Å². The molecule has 0 saturated carbocycles. The van der Waals surface area contributed by atoms with E-state index in [1.54, 1.807) is 6.92 Å². The highest BCUT2D eigenvalue weighted by atomic mass is 16.6. The van der Waals surface area contributed by atoms with Crippen molar-refractivity contribution >= 4 is 34.8 Å². The van der Waals surface area contributed by atoms with Crippen LogP contribution in [0.4, 0.5) is 0 Å². The van der Waals surface area contributed by atoms with Gasteiger partial charge in [0.25, 0.3) is 0 Å². The average Bonchev–Trinajstić information content (AvgIpc) is 3.05. The first-order valence-corrected chi connectivity index (χ1v) is 15.5. The van der Waals surface area contributed by atoms with Crippen LogP contribution in [-0.2, 0) is 35.7 Å². The molecule has 50 heavy (non-hydrogen) atoms. The Morgan fingerprint density at radius 1 is 0.940 bits per heavy atom. The number of hydrogen-bond donors (Lipinski definition) is 5. The van der Waals surface area contributed by atoms with Gasteiger partial charge >= 0.3 is 5.97 Å². The number of aromatic hydroxyl groups is 2. The van der Waals surface area contributed by atoms with Crippen LogP contribution in [0.2, 0.25) is 0 Å². The number of nitrogens with zero attached hydrogens (tertiary/aromatic N) is 1. The van der Waals surface area contributed by atoms with Crippen LogP contribution in [0.3, 0.4) is 0 Å². The first-order chi connectivity index (χ1) is 23.6. The summed E-state index contributed by atoms with van der Waals surface area (Å²) in [6.45, 7) is 3.05. The quantitative estimate of drug-likeness (QED) is 0.260. The predicted octanol–water partition coefficient (Wildman–Crippen LogP) is 0.108. The number of aliphatic hydroxyl groups excluding tert-OH is 2. The largest absolute Gasteiger partial charge is 0.507 e. The number of phenols is 2. The number of ether oxygens (including phenoxy) is 5. The molecule has 0 unspecified atom stereocenters. The summed E-state index contributed by atoms with van der Waals surface area (Å²) in [7, 11) is 4.61. The Kier molecular flexibility index (Phi) is 8.58. The van der Waals surface area contributed by atoms with Crippen molar-refractivity contribution in [1.82, 2.24) is 0 Å². The number of Topliss-reactive ketones (excluding diaryl/α,β-unsaturated/α-hetero) is 4. The summed E-state index contributed by atoms with van der Waals surface area (Å²) < 4.78 is 26.7. The fraction of sp³-hybridized carbons (Fsp3) is 0.471.